The molecule has 4 heteroatoms. The number of hydrogen-bond donors (Lipinski definition) is 1. The molecule has 1 aromatic carbocycles. The third-order valence-corrected chi connectivity index (χ3v) is 3.40. The zero-order valence-electron chi connectivity index (χ0n) is 9.79. The summed E-state index contributed by atoms with van der Waals surface area (Å²) in [6.07, 6.45) is 2.36. The van der Waals surface area contributed by atoms with Crippen molar-refractivity contribution in [1.29, 1.82) is 0 Å². The normalized spacial score (nSPS) is 12.6. The van der Waals surface area contributed by atoms with E-state index in [1.165, 1.54) is 7.11 Å². The number of esters is 1. The molecule has 0 radical (unpaired) electrons. The first-order valence-corrected chi connectivity index (χ1v) is 6.24. The summed E-state index contributed by atoms with van der Waals surface area (Å²) in [6.45, 7) is 2.03. The summed E-state index contributed by atoms with van der Waals surface area (Å²) in [4.78, 5) is 14.5. The topological polar surface area (TPSA) is 42.1 Å². The van der Waals surface area contributed by atoms with E-state index in [1.54, 1.807) is 0 Å². The van der Waals surface area contributed by atoms with Crippen LogP contribution in [0, 0.1) is 0 Å². The van der Waals surface area contributed by atoms with Crippen molar-refractivity contribution >= 4 is 32.8 Å². The summed E-state index contributed by atoms with van der Waals surface area (Å²) in [5.41, 5.74) is 2.23. The number of carbonyl (C=O) groups is 1. The van der Waals surface area contributed by atoms with Gasteiger partial charge >= 0.3 is 5.97 Å². The van der Waals surface area contributed by atoms with E-state index in [0.717, 1.165) is 20.9 Å². The fourth-order valence-electron chi connectivity index (χ4n) is 1.97. The number of carbonyl (C=O) groups excluding carboxylic acids is 1. The lowest BCUT2D eigenvalue weighted by atomic mass is 9.97. The number of aromatic amines is 1. The van der Waals surface area contributed by atoms with Gasteiger partial charge in [0.05, 0.1) is 13.5 Å². The number of hydrogen-bond acceptors (Lipinski definition) is 2. The van der Waals surface area contributed by atoms with Crippen LogP contribution in [0.1, 0.15) is 24.8 Å². The standard InChI is InChI=1S/C13H14BrNO2/c1-8(5-13(16)17-2)11-7-15-12-4-3-9(14)6-10(11)12/h3-4,6-8,15H,5H2,1-2H3. The van der Waals surface area contributed by atoms with Crippen molar-refractivity contribution in [3.05, 3.63) is 34.4 Å². The molecule has 1 unspecified atom stereocenters. The monoisotopic (exact) mass is 295 g/mol. The number of aromatic nitrogens is 1. The minimum atomic E-state index is -0.179. The van der Waals surface area contributed by atoms with Crippen LogP contribution in [-0.4, -0.2) is 18.1 Å². The van der Waals surface area contributed by atoms with Crippen molar-refractivity contribution in [3.63, 3.8) is 0 Å². The molecule has 1 aromatic heterocycles. The Hall–Kier alpha value is -1.29. The van der Waals surface area contributed by atoms with Crippen LogP contribution in [0.25, 0.3) is 10.9 Å². The molecular formula is C13H14BrNO2. The molecule has 90 valence electrons. The van der Waals surface area contributed by atoms with Crippen molar-refractivity contribution in [2.45, 2.75) is 19.3 Å². The van der Waals surface area contributed by atoms with E-state index in [0.29, 0.717) is 6.42 Å². The van der Waals surface area contributed by atoms with Crippen LogP contribution in [0.15, 0.2) is 28.9 Å². The zero-order chi connectivity index (χ0) is 12.4. The first kappa shape index (κ1) is 12.2. The first-order valence-electron chi connectivity index (χ1n) is 5.45. The average Bonchev–Trinajstić information content (AvgIpc) is 2.71. The molecule has 1 N–H and O–H groups in total. The van der Waals surface area contributed by atoms with E-state index < -0.39 is 0 Å². The van der Waals surface area contributed by atoms with Crippen LogP contribution in [0.3, 0.4) is 0 Å². The summed E-state index contributed by atoms with van der Waals surface area (Å²) in [5, 5.41) is 1.15. The third kappa shape index (κ3) is 2.52. The van der Waals surface area contributed by atoms with E-state index in [1.807, 2.05) is 25.3 Å². The van der Waals surface area contributed by atoms with Gasteiger partial charge < -0.3 is 9.72 Å². The molecule has 17 heavy (non-hydrogen) atoms. The average molecular weight is 296 g/mol. The van der Waals surface area contributed by atoms with E-state index >= 15 is 0 Å². The Bertz CT molecular complexity index is 547. The molecule has 0 amide bonds. The SMILES string of the molecule is COC(=O)CC(C)c1c[nH]c2ccc(Br)cc12. The molecule has 0 bridgehead atoms. The molecule has 2 rings (SSSR count). The van der Waals surface area contributed by atoms with E-state index in [9.17, 15) is 4.79 Å². The largest absolute Gasteiger partial charge is 0.469 e. The Labute approximate surface area is 108 Å². The highest BCUT2D eigenvalue weighted by Gasteiger charge is 2.15. The van der Waals surface area contributed by atoms with Gasteiger partial charge in [-0.05, 0) is 29.7 Å². The van der Waals surface area contributed by atoms with Gasteiger partial charge in [0, 0.05) is 21.6 Å². The number of nitrogens with one attached hydrogen (secondary N) is 1. The van der Waals surface area contributed by atoms with Crippen LogP contribution >= 0.6 is 15.9 Å². The van der Waals surface area contributed by atoms with Gasteiger partial charge in [0.15, 0.2) is 0 Å². The van der Waals surface area contributed by atoms with Gasteiger partial charge in [-0.1, -0.05) is 22.9 Å². The van der Waals surface area contributed by atoms with E-state index in [-0.39, 0.29) is 11.9 Å². The lowest BCUT2D eigenvalue weighted by molar-refractivity contribution is -0.140. The minimum absolute atomic E-state index is 0.144. The Kier molecular flexibility index (Phi) is 3.52. The fraction of sp³-hybridized carbons (Fsp3) is 0.308. The van der Waals surface area contributed by atoms with Gasteiger partial charge in [0.1, 0.15) is 0 Å². The molecule has 1 atom stereocenters. The second kappa shape index (κ2) is 4.92. The Balaban J connectivity index is 2.35. The van der Waals surface area contributed by atoms with Crippen molar-refractivity contribution in [3.8, 4) is 0 Å². The van der Waals surface area contributed by atoms with Crippen molar-refractivity contribution in [2.75, 3.05) is 7.11 Å². The highest BCUT2D eigenvalue weighted by atomic mass is 79.9. The van der Waals surface area contributed by atoms with Crippen molar-refractivity contribution < 1.29 is 9.53 Å². The minimum Gasteiger partial charge on any atom is -0.469 e. The number of fused-ring (bicyclic) bond motifs is 1. The third-order valence-electron chi connectivity index (χ3n) is 2.91. The van der Waals surface area contributed by atoms with Crippen LogP contribution in [0.2, 0.25) is 0 Å². The summed E-state index contributed by atoms with van der Waals surface area (Å²) in [7, 11) is 1.42. The molecule has 1 heterocycles. The first-order chi connectivity index (χ1) is 8.11. The molecule has 0 aliphatic carbocycles. The highest BCUT2D eigenvalue weighted by molar-refractivity contribution is 9.10. The van der Waals surface area contributed by atoms with Gasteiger partial charge in [-0.25, -0.2) is 0 Å². The maximum atomic E-state index is 11.3. The second-order valence-electron chi connectivity index (χ2n) is 4.12. The van der Waals surface area contributed by atoms with Crippen molar-refractivity contribution in [1.82, 2.24) is 4.98 Å². The molecule has 0 fully saturated rings. The maximum Gasteiger partial charge on any atom is 0.306 e. The number of methoxy groups -OCH3 is 1. The van der Waals surface area contributed by atoms with Crippen LogP contribution in [-0.2, 0) is 9.53 Å². The summed E-state index contributed by atoms with van der Waals surface area (Å²) >= 11 is 3.46. The second-order valence-corrected chi connectivity index (χ2v) is 5.03. The quantitative estimate of drug-likeness (QED) is 0.879. The molecule has 0 aliphatic rings. The van der Waals surface area contributed by atoms with Gasteiger partial charge in [0.25, 0.3) is 0 Å². The van der Waals surface area contributed by atoms with Gasteiger partial charge in [-0.3, -0.25) is 4.79 Å². The molecular weight excluding hydrogens is 282 g/mol. The molecule has 0 spiro atoms. The molecule has 0 saturated heterocycles. The Morgan fingerprint density at radius 3 is 3.00 bits per heavy atom. The molecule has 0 saturated carbocycles. The number of benzene rings is 1. The lowest BCUT2D eigenvalue weighted by Crippen LogP contribution is -2.05. The number of halogens is 1. The van der Waals surface area contributed by atoms with Crippen LogP contribution < -0.4 is 0 Å². The predicted molar refractivity (Wildman–Crippen MR) is 71.0 cm³/mol. The molecule has 2 aromatic rings. The van der Waals surface area contributed by atoms with Crippen molar-refractivity contribution in [2.24, 2.45) is 0 Å². The highest BCUT2D eigenvalue weighted by Crippen LogP contribution is 2.29. The summed E-state index contributed by atoms with van der Waals surface area (Å²) in [5.74, 6) is -0.0349. The zero-order valence-corrected chi connectivity index (χ0v) is 11.4. The molecule has 3 nitrogen and oxygen atoms in total. The lowest BCUT2D eigenvalue weighted by Gasteiger charge is -2.08. The predicted octanol–water partition coefficient (Wildman–Crippen LogP) is 3.60. The number of rotatable bonds is 3. The van der Waals surface area contributed by atoms with Crippen LogP contribution in [0.4, 0.5) is 0 Å². The Morgan fingerprint density at radius 1 is 1.53 bits per heavy atom. The van der Waals surface area contributed by atoms with Crippen LogP contribution in [0.5, 0.6) is 0 Å². The van der Waals surface area contributed by atoms with Gasteiger partial charge in [0.2, 0.25) is 0 Å². The van der Waals surface area contributed by atoms with Gasteiger partial charge in [-0.2, -0.15) is 0 Å². The molecule has 0 aliphatic heterocycles. The smallest absolute Gasteiger partial charge is 0.306 e. The maximum absolute atomic E-state index is 11.3. The number of ether oxygens (including phenoxy) is 1. The van der Waals surface area contributed by atoms with E-state index in [2.05, 4.69) is 27.0 Å². The fourth-order valence-corrected chi connectivity index (χ4v) is 2.33. The summed E-state index contributed by atoms with van der Waals surface area (Å²) < 4.78 is 5.73. The van der Waals surface area contributed by atoms with Gasteiger partial charge in [-0.15, -0.1) is 0 Å². The summed E-state index contributed by atoms with van der Waals surface area (Å²) in [6, 6.07) is 6.08. The Morgan fingerprint density at radius 2 is 2.29 bits per heavy atom. The van der Waals surface area contributed by atoms with E-state index in [4.69, 9.17) is 4.74 Å². The number of H-pyrrole nitrogens is 1.